The van der Waals surface area contributed by atoms with Crippen LogP contribution in [0.5, 0.6) is 0 Å². The predicted molar refractivity (Wildman–Crippen MR) is 66.8 cm³/mol. The first-order chi connectivity index (χ1) is 7.76. The zero-order valence-corrected chi connectivity index (χ0v) is 10.3. The quantitative estimate of drug-likeness (QED) is 0.847. The molecule has 0 saturated carbocycles. The normalized spacial score (nSPS) is 20.8. The number of benzene rings is 1. The maximum absolute atomic E-state index is 9.20. The van der Waals surface area contributed by atoms with E-state index in [4.69, 9.17) is 11.6 Å². The van der Waals surface area contributed by atoms with Crippen LogP contribution >= 0.6 is 11.6 Å². The minimum atomic E-state index is 0.190. The number of aliphatic hydroxyl groups excluding tert-OH is 1. The van der Waals surface area contributed by atoms with E-state index in [1.807, 2.05) is 12.1 Å². The summed E-state index contributed by atoms with van der Waals surface area (Å²) in [6, 6.07) is 6.63. The van der Waals surface area contributed by atoms with Crippen LogP contribution < -0.4 is 5.32 Å². The number of hydrogen-bond acceptors (Lipinski definition) is 2. The van der Waals surface area contributed by atoms with Crippen molar-refractivity contribution in [3.8, 4) is 0 Å². The van der Waals surface area contributed by atoms with Crippen LogP contribution in [0.15, 0.2) is 18.2 Å². The summed E-state index contributed by atoms with van der Waals surface area (Å²) < 4.78 is 0. The molecule has 2 N–H and O–H groups in total. The van der Waals surface area contributed by atoms with Crippen LogP contribution in [0, 0.1) is 0 Å². The molecule has 2 unspecified atom stereocenters. The Labute approximate surface area is 102 Å². The lowest BCUT2D eigenvalue weighted by Crippen LogP contribution is -2.34. The van der Waals surface area contributed by atoms with E-state index in [0.717, 1.165) is 24.3 Å². The predicted octanol–water partition coefficient (Wildman–Crippen LogP) is 2.69. The van der Waals surface area contributed by atoms with Crippen molar-refractivity contribution in [2.24, 2.45) is 0 Å². The molecule has 1 aliphatic carbocycles. The van der Waals surface area contributed by atoms with E-state index in [2.05, 4.69) is 18.3 Å². The summed E-state index contributed by atoms with van der Waals surface area (Å²) in [7, 11) is 0. The monoisotopic (exact) mass is 239 g/mol. The number of nitrogens with one attached hydrogen (secondary N) is 1. The van der Waals surface area contributed by atoms with Crippen molar-refractivity contribution >= 4 is 11.6 Å². The van der Waals surface area contributed by atoms with Gasteiger partial charge < -0.3 is 10.4 Å². The molecule has 1 aliphatic rings. The fraction of sp³-hybridized carbons (Fsp3) is 0.538. The number of aliphatic hydroxyl groups is 1. The maximum atomic E-state index is 9.20. The van der Waals surface area contributed by atoms with E-state index in [0.29, 0.717) is 6.04 Å². The summed E-state index contributed by atoms with van der Waals surface area (Å²) in [5.74, 6) is 0. The Balaban J connectivity index is 2.14. The van der Waals surface area contributed by atoms with E-state index in [1.54, 1.807) is 0 Å². The molecule has 88 valence electrons. The molecule has 0 radical (unpaired) electrons. The van der Waals surface area contributed by atoms with Gasteiger partial charge in [0.05, 0.1) is 6.61 Å². The lowest BCUT2D eigenvalue weighted by Gasteiger charge is -2.20. The maximum Gasteiger partial charge on any atom is 0.0584 e. The first-order valence-corrected chi connectivity index (χ1v) is 6.28. The number of fused-ring (bicyclic) bond motifs is 1. The minimum Gasteiger partial charge on any atom is -0.395 e. The van der Waals surface area contributed by atoms with Gasteiger partial charge in [0.1, 0.15) is 0 Å². The van der Waals surface area contributed by atoms with Crippen molar-refractivity contribution in [1.29, 1.82) is 0 Å². The van der Waals surface area contributed by atoms with Crippen LogP contribution in [-0.4, -0.2) is 17.8 Å². The Hall–Kier alpha value is -0.570. The van der Waals surface area contributed by atoms with Gasteiger partial charge in [-0.3, -0.25) is 0 Å². The summed E-state index contributed by atoms with van der Waals surface area (Å²) in [4.78, 5) is 0. The van der Waals surface area contributed by atoms with Gasteiger partial charge in [-0.15, -0.1) is 0 Å². The van der Waals surface area contributed by atoms with Crippen LogP contribution in [0.4, 0.5) is 0 Å². The second-order valence-corrected chi connectivity index (χ2v) is 4.76. The molecule has 0 spiro atoms. The molecule has 0 aromatic heterocycles. The summed E-state index contributed by atoms with van der Waals surface area (Å²) >= 11 is 6.16. The zero-order valence-electron chi connectivity index (χ0n) is 9.54. The molecule has 2 rings (SSSR count). The molecule has 3 heteroatoms. The SMILES string of the molecule is CCC(CO)NC1CCc2c(Cl)cccc21. The molecule has 16 heavy (non-hydrogen) atoms. The first-order valence-electron chi connectivity index (χ1n) is 5.90. The summed E-state index contributed by atoms with van der Waals surface area (Å²) in [5, 5.41) is 13.6. The molecule has 0 aliphatic heterocycles. The lowest BCUT2D eigenvalue weighted by atomic mass is 10.1. The van der Waals surface area contributed by atoms with Gasteiger partial charge in [0.25, 0.3) is 0 Å². The standard InChI is InChI=1S/C13H18ClNO/c1-2-9(8-16)15-13-7-6-10-11(13)4-3-5-12(10)14/h3-5,9,13,15-16H,2,6-8H2,1H3. The Morgan fingerprint density at radius 3 is 3.06 bits per heavy atom. The largest absolute Gasteiger partial charge is 0.395 e. The second-order valence-electron chi connectivity index (χ2n) is 4.35. The first kappa shape index (κ1) is 11.9. The zero-order chi connectivity index (χ0) is 11.5. The molecule has 2 nitrogen and oxygen atoms in total. The van der Waals surface area contributed by atoms with Gasteiger partial charge in [-0.1, -0.05) is 30.7 Å². The molecule has 2 atom stereocenters. The van der Waals surface area contributed by atoms with Crippen LogP contribution in [0.25, 0.3) is 0 Å². The fourth-order valence-corrected chi connectivity index (χ4v) is 2.64. The van der Waals surface area contributed by atoms with Crippen molar-refractivity contribution in [2.45, 2.75) is 38.3 Å². The molecule has 0 amide bonds. The number of halogens is 1. The molecule has 0 fully saturated rings. The average Bonchev–Trinajstić information content (AvgIpc) is 2.71. The molecule has 1 aromatic carbocycles. The highest BCUT2D eigenvalue weighted by molar-refractivity contribution is 6.31. The molecular formula is C13H18ClNO. The van der Waals surface area contributed by atoms with Crippen molar-refractivity contribution in [1.82, 2.24) is 5.32 Å². The third kappa shape index (κ3) is 2.24. The van der Waals surface area contributed by atoms with Crippen molar-refractivity contribution < 1.29 is 5.11 Å². The summed E-state index contributed by atoms with van der Waals surface area (Å²) in [6.45, 7) is 2.28. The molecule has 1 aromatic rings. The van der Waals surface area contributed by atoms with Gasteiger partial charge in [0.15, 0.2) is 0 Å². The lowest BCUT2D eigenvalue weighted by molar-refractivity contribution is 0.227. The second kappa shape index (κ2) is 5.17. The third-order valence-corrected chi connectivity index (χ3v) is 3.72. The van der Waals surface area contributed by atoms with Crippen molar-refractivity contribution in [3.63, 3.8) is 0 Å². The minimum absolute atomic E-state index is 0.190. The van der Waals surface area contributed by atoms with Crippen LogP contribution in [0.1, 0.15) is 36.9 Å². The Morgan fingerprint density at radius 2 is 2.38 bits per heavy atom. The number of hydrogen-bond donors (Lipinski definition) is 2. The van der Waals surface area contributed by atoms with Crippen LogP contribution in [0.3, 0.4) is 0 Å². The summed E-state index contributed by atoms with van der Waals surface area (Å²) in [6.07, 6.45) is 3.06. The molecule has 0 heterocycles. The average molecular weight is 240 g/mol. The Kier molecular flexibility index (Phi) is 3.85. The van der Waals surface area contributed by atoms with Gasteiger partial charge in [-0.05, 0) is 36.5 Å². The molecular weight excluding hydrogens is 222 g/mol. The Morgan fingerprint density at radius 1 is 1.56 bits per heavy atom. The number of rotatable bonds is 4. The smallest absolute Gasteiger partial charge is 0.0584 e. The highest BCUT2D eigenvalue weighted by atomic mass is 35.5. The van der Waals surface area contributed by atoms with Crippen LogP contribution in [0.2, 0.25) is 5.02 Å². The summed E-state index contributed by atoms with van der Waals surface area (Å²) in [5.41, 5.74) is 2.58. The highest BCUT2D eigenvalue weighted by Gasteiger charge is 2.25. The van der Waals surface area contributed by atoms with E-state index >= 15 is 0 Å². The van der Waals surface area contributed by atoms with Gasteiger partial charge in [0.2, 0.25) is 0 Å². The van der Waals surface area contributed by atoms with Crippen molar-refractivity contribution in [3.05, 3.63) is 34.3 Å². The van der Waals surface area contributed by atoms with Gasteiger partial charge >= 0.3 is 0 Å². The van der Waals surface area contributed by atoms with Gasteiger partial charge in [-0.2, -0.15) is 0 Å². The molecule has 0 saturated heterocycles. The van der Waals surface area contributed by atoms with E-state index in [9.17, 15) is 5.11 Å². The van der Waals surface area contributed by atoms with Gasteiger partial charge in [-0.25, -0.2) is 0 Å². The topological polar surface area (TPSA) is 32.3 Å². The van der Waals surface area contributed by atoms with Crippen LogP contribution in [-0.2, 0) is 6.42 Å². The molecule has 0 bridgehead atoms. The van der Waals surface area contributed by atoms with E-state index < -0.39 is 0 Å². The highest BCUT2D eigenvalue weighted by Crippen LogP contribution is 2.35. The fourth-order valence-electron chi connectivity index (χ4n) is 2.37. The van der Waals surface area contributed by atoms with Crippen molar-refractivity contribution in [2.75, 3.05) is 6.61 Å². The van der Waals surface area contributed by atoms with E-state index in [-0.39, 0.29) is 12.6 Å². The van der Waals surface area contributed by atoms with Gasteiger partial charge in [0, 0.05) is 17.1 Å². The Bertz CT molecular complexity index is 363. The van der Waals surface area contributed by atoms with E-state index in [1.165, 1.54) is 11.1 Å². The third-order valence-electron chi connectivity index (χ3n) is 3.36.